The standard InChI is InChI=1S/C9H14N2O2.C2H2O4/c1-6-3-9(13-10-6)8-4-7(12)5-11(8)2;3-1(4)2(5)6/h3,7-8,12H,4-5H2,1-2H3;(H,3,4)(H,5,6). The maximum atomic E-state index is 9.43. The van der Waals surface area contributed by atoms with Crippen molar-refractivity contribution >= 4 is 11.9 Å². The lowest BCUT2D eigenvalue weighted by Crippen LogP contribution is -2.18. The molecule has 0 amide bonds. The van der Waals surface area contributed by atoms with Crippen molar-refractivity contribution < 1.29 is 29.4 Å². The highest BCUT2D eigenvalue weighted by atomic mass is 16.5. The Bertz CT molecular complexity index is 446. The molecule has 8 nitrogen and oxygen atoms in total. The average Bonchev–Trinajstić information content (AvgIpc) is 2.85. The normalized spacial score (nSPS) is 22.7. The molecule has 2 unspecified atom stereocenters. The van der Waals surface area contributed by atoms with Gasteiger partial charge in [0.1, 0.15) is 0 Å². The number of hydrogen-bond acceptors (Lipinski definition) is 6. The van der Waals surface area contributed by atoms with Gasteiger partial charge in [0.05, 0.1) is 17.8 Å². The van der Waals surface area contributed by atoms with E-state index in [2.05, 4.69) is 10.1 Å². The third-order valence-electron chi connectivity index (χ3n) is 2.68. The largest absolute Gasteiger partial charge is 0.473 e. The molecule has 19 heavy (non-hydrogen) atoms. The van der Waals surface area contributed by atoms with Crippen molar-refractivity contribution in [2.24, 2.45) is 0 Å². The van der Waals surface area contributed by atoms with Crippen LogP contribution in [0.5, 0.6) is 0 Å². The molecule has 2 atom stereocenters. The highest BCUT2D eigenvalue weighted by molar-refractivity contribution is 6.27. The summed E-state index contributed by atoms with van der Waals surface area (Å²) in [5.74, 6) is -2.79. The molecule has 1 aromatic rings. The summed E-state index contributed by atoms with van der Waals surface area (Å²) in [6.07, 6.45) is 0.505. The Morgan fingerprint density at radius 2 is 2.00 bits per heavy atom. The molecule has 106 valence electrons. The topological polar surface area (TPSA) is 124 Å². The highest BCUT2D eigenvalue weighted by Crippen LogP contribution is 2.30. The molecule has 3 N–H and O–H groups in total. The van der Waals surface area contributed by atoms with Crippen LogP contribution in [0.1, 0.15) is 23.9 Å². The first kappa shape index (κ1) is 15.1. The Morgan fingerprint density at radius 3 is 2.32 bits per heavy atom. The third-order valence-corrected chi connectivity index (χ3v) is 2.68. The van der Waals surface area contributed by atoms with E-state index in [0.717, 1.165) is 17.9 Å². The molecule has 0 aromatic carbocycles. The van der Waals surface area contributed by atoms with Gasteiger partial charge in [-0.3, -0.25) is 4.90 Å². The van der Waals surface area contributed by atoms with E-state index in [0.29, 0.717) is 6.54 Å². The molecule has 1 saturated heterocycles. The SMILES string of the molecule is Cc1cc(C2CC(O)CN2C)on1.O=C(O)C(=O)O. The summed E-state index contributed by atoms with van der Waals surface area (Å²) in [7, 11) is 1.98. The van der Waals surface area contributed by atoms with Gasteiger partial charge in [-0.25, -0.2) is 9.59 Å². The molecular weight excluding hydrogens is 256 g/mol. The number of carbonyl (C=O) groups is 2. The number of hydrogen-bond donors (Lipinski definition) is 3. The molecule has 8 heteroatoms. The van der Waals surface area contributed by atoms with Gasteiger partial charge in [0, 0.05) is 12.6 Å². The summed E-state index contributed by atoms with van der Waals surface area (Å²) in [4.78, 5) is 20.3. The molecule has 1 fully saturated rings. The van der Waals surface area contributed by atoms with Crippen molar-refractivity contribution in [3.63, 3.8) is 0 Å². The summed E-state index contributed by atoms with van der Waals surface area (Å²) in [5.41, 5.74) is 0.893. The number of carboxylic acids is 2. The van der Waals surface area contributed by atoms with Gasteiger partial charge in [-0.1, -0.05) is 5.16 Å². The molecule has 0 bridgehead atoms. The van der Waals surface area contributed by atoms with Crippen LogP contribution in [0.3, 0.4) is 0 Å². The Balaban J connectivity index is 0.000000258. The molecular formula is C11H16N2O6. The van der Waals surface area contributed by atoms with Crippen LogP contribution in [0.25, 0.3) is 0 Å². The fourth-order valence-electron chi connectivity index (χ4n) is 1.85. The van der Waals surface area contributed by atoms with Crippen molar-refractivity contribution in [2.45, 2.75) is 25.5 Å². The van der Waals surface area contributed by atoms with E-state index in [1.54, 1.807) is 0 Å². The van der Waals surface area contributed by atoms with Crippen LogP contribution in [0.4, 0.5) is 0 Å². The Morgan fingerprint density at radius 1 is 1.42 bits per heavy atom. The zero-order valence-corrected chi connectivity index (χ0v) is 10.6. The number of aliphatic carboxylic acids is 2. The zero-order valence-electron chi connectivity index (χ0n) is 10.6. The fraction of sp³-hybridized carbons (Fsp3) is 0.545. The van der Waals surface area contributed by atoms with Crippen LogP contribution in [0.15, 0.2) is 10.6 Å². The maximum absolute atomic E-state index is 9.43. The summed E-state index contributed by atoms with van der Waals surface area (Å²) in [6.45, 7) is 2.61. The van der Waals surface area contributed by atoms with Gasteiger partial charge in [-0.15, -0.1) is 0 Å². The predicted octanol–water partition coefficient (Wildman–Crippen LogP) is -0.124. The van der Waals surface area contributed by atoms with Crippen molar-refractivity contribution in [2.75, 3.05) is 13.6 Å². The van der Waals surface area contributed by atoms with Gasteiger partial charge in [-0.2, -0.15) is 0 Å². The number of nitrogens with zero attached hydrogens (tertiary/aromatic N) is 2. The van der Waals surface area contributed by atoms with Crippen LogP contribution < -0.4 is 0 Å². The first-order chi connectivity index (χ1) is 8.81. The molecule has 2 heterocycles. The fourth-order valence-corrected chi connectivity index (χ4v) is 1.85. The van der Waals surface area contributed by atoms with Crippen molar-refractivity contribution in [1.82, 2.24) is 10.1 Å². The number of aliphatic hydroxyl groups is 1. The third kappa shape index (κ3) is 4.34. The van der Waals surface area contributed by atoms with Crippen LogP contribution in [0.2, 0.25) is 0 Å². The number of likely N-dealkylation sites (N-methyl/N-ethyl adjacent to an activating group) is 1. The van der Waals surface area contributed by atoms with Gasteiger partial charge in [0.25, 0.3) is 0 Å². The lowest BCUT2D eigenvalue weighted by Gasteiger charge is -2.14. The van der Waals surface area contributed by atoms with Gasteiger partial charge in [-0.05, 0) is 20.4 Å². The number of aromatic nitrogens is 1. The highest BCUT2D eigenvalue weighted by Gasteiger charge is 2.31. The van der Waals surface area contributed by atoms with Crippen LogP contribution in [0, 0.1) is 6.92 Å². The molecule has 0 aliphatic carbocycles. The van der Waals surface area contributed by atoms with Crippen molar-refractivity contribution in [3.8, 4) is 0 Å². The maximum Gasteiger partial charge on any atom is 0.414 e. The van der Waals surface area contributed by atoms with E-state index in [4.69, 9.17) is 24.3 Å². The smallest absolute Gasteiger partial charge is 0.414 e. The van der Waals surface area contributed by atoms with E-state index in [9.17, 15) is 5.11 Å². The number of aryl methyl sites for hydroxylation is 1. The van der Waals surface area contributed by atoms with Crippen molar-refractivity contribution in [1.29, 1.82) is 0 Å². The first-order valence-corrected chi connectivity index (χ1v) is 5.59. The first-order valence-electron chi connectivity index (χ1n) is 5.59. The zero-order chi connectivity index (χ0) is 14.6. The minimum Gasteiger partial charge on any atom is -0.473 e. The molecule has 0 spiro atoms. The summed E-state index contributed by atoms with van der Waals surface area (Å²) >= 11 is 0. The number of likely N-dealkylation sites (tertiary alicyclic amines) is 1. The number of rotatable bonds is 1. The Hall–Kier alpha value is -1.93. The molecule has 2 rings (SSSR count). The van der Waals surface area contributed by atoms with E-state index < -0.39 is 11.9 Å². The summed E-state index contributed by atoms with van der Waals surface area (Å²) in [5, 5.41) is 28.1. The van der Waals surface area contributed by atoms with Crippen molar-refractivity contribution in [3.05, 3.63) is 17.5 Å². The van der Waals surface area contributed by atoms with Gasteiger partial charge in [0.2, 0.25) is 0 Å². The molecule has 1 aliphatic heterocycles. The van der Waals surface area contributed by atoms with E-state index in [1.807, 2.05) is 20.0 Å². The molecule has 0 radical (unpaired) electrons. The quantitative estimate of drug-likeness (QED) is 0.604. The van der Waals surface area contributed by atoms with Crippen LogP contribution in [-0.2, 0) is 9.59 Å². The van der Waals surface area contributed by atoms with Crippen LogP contribution in [-0.4, -0.2) is 57.0 Å². The molecule has 1 aromatic heterocycles. The second-order valence-electron chi connectivity index (χ2n) is 4.33. The second kappa shape index (κ2) is 6.30. The van der Waals surface area contributed by atoms with Gasteiger partial charge < -0.3 is 19.8 Å². The second-order valence-corrected chi connectivity index (χ2v) is 4.33. The summed E-state index contributed by atoms with van der Waals surface area (Å²) in [6, 6.07) is 2.12. The lowest BCUT2D eigenvalue weighted by atomic mass is 10.1. The van der Waals surface area contributed by atoms with Gasteiger partial charge >= 0.3 is 11.9 Å². The monoisotopic (exact) mass is 272 g/mol. The Labute approximate surface area is 109 Å². The van der Waals surface area contributed by atoms with E-state index >= 15 is 0 Å². The minimum atomic E-state index is -1.82. The number of aliphatic hydroxyl groups excluding tert-OH is 1. The van der Waals surface area contributed by atoms with E-state index in [-0.39, 0.29) is 12.1 Å². The Kier molecular flexibility index (Phi) is 5.02. The van der Waals surface area contributed by atoms with Crippen LogP contribution >= 0.6 is 0 Å². The average molecular weight is 272 g/mol. The lowest BCUT2D eigenvalue weighted by molar-refractivity contribution is -0.159. The number of β-amino-alcohol motifs (C(OH)–C–C–N with tert-alkyl or cyclic N) is 1. The summed E-state index contributed by atoms with van der Waals surface area (Å²) < 4.78 is 5.16. The number of carboxylic acid groups (broad SMARTS) is 2. The minimum absolute atomic E-state index is 0.191. The van der Waals surface area contributed by atoms with Gasteiger partial charge in [0.15, 0.2) is 5.76 Å². The molecule has 1 aliphatic rings. The van der Waals surface area contributed by atoms with E-state index in [1.165, 1.54) is 0 Å². The molecule has 0 saturated carbocycles. The predicted molar refractivity (Wildman–Crippen MR) is 62.5 cm³/mol.